The molecule has 0 spiro atoms. The Labute approximate surface area is 197 Å². The molecule has 1 saturated heterocycles. The first-order valence-corrected chi connectivity index (χ1v) is 11.8. The number of carbonyl (C=O) groups excluding carboxylic acids is 1. The van der Waals surface area contributed by atoms with Crippen LogP contribution in [-0.4, -0.2) is 47.1 Å². The van der Waals surface area contributed by atoms with Gasteiger partial charge >= 0.3 is 0 Å². The van der Waals surface area contributed by atoms with Gasteiger partial charge in [-0.05, 0) is 63.5 Å². The lowest BCUT2D eigenvalue weighted by Gasteiger charge is -2.34. The topological polar surface area (TPSA) is 70.7 Å². The number of nitrogens with one attached hydrogen (secondary N) is 1. The molecule has 0 radical (unpaired) electrons. The van der Waals surface area contributed by atoms with Crippen LogP contribution in [0.1, 0.15) is 52.5 Å². The van der Waals surface area contributed by atoms with Crippen molar-refractivity contribution < 1.29 is 9.21 Å². The maximum atomic E-state index is 12.0. The van der Waals surface area contributed by atoms with Crippen molar-refractivity contribution in [2.45, 2.75) is 54.0 Å². The summed E-state index contributed by atoms with van der Waals surface area (Å²) in [6, 6.07) is 6.21. The minimum atomic E-state index is -0.0402. The quantitative estimate of drug-likeness (QED) is 0.337. The molecule has 176 valence electrons. The summed E-state index contributed by atoms with van der Waals surface area (Å²) in [4.78, 5) is 23.9. The lowest BCUT2D eigenvalue weighted by Crippen LogP contribution is -2.48. The van der Waals surface area contributed by atoms with Gasteiger partial charge < -0.3 is 14.6 Å². The Morgan fingerprint density at radius 1 is 1.39 bits per heavy atom. The Balaban J connectivity index is 1.98. The molecule has 0 amide bonds. The third-order valence-electron chi connectivity index (χ3n) is 5.95. The van der Waals surface area contributed by atoms with Crippen molar-refractivity contribution in [3.8, 4) is 0 Å². The highest BCUT2D eigenvalue weighted by molar-refractivity contribution is 6.03. The van der Waals surface area contributed by atoms with E-state index in [1.54, 1.807) is 13.0 Å². The Morgan fingerprint density at radius 2 is 2.18 bits per heavy atom. The number of hydrogen-bond acceptors (Lipinski definition) is 6. The van der Waals surface area contributed by atoms with Gasteiger partial charge in [0.05, 0.1) is 5.70 Å². The van der Waals surface area contributed by atoms with Crippen molar-refractivity contribution >= 4 is 28.3 Å². The van der Waals surface area contributed by atoms with Gasteiger partial charge in [0, 0.05) is 55.6 Å². The molecule has 6 heteroatoms. The van der Waals surface area contributed by atoms with E-state index >= 15 is 0 Å². The normalized spacial score (nSPS) is 19.5. The van der Waals surface area contributed by atoms with Gasteiger partial charge in [-0.15, -0.1) is 0 Å². The van der Waals surface area contributed by atoms with Crippen molar-refractivity contribution in [1.29, 1.82) is 0 Å². The fourth-order valence-electron chi connectivity index (χ4n) is 3.96. The van der Waals surface area contributed by atoms with Gasteiger partial charge in [-0.25, -0.2) is 4.98 Å². The predicted molar refractivity (Wildman–Crippen MR) is 136 cm³/mol. The molecule has 0 saturated carbocycles. The van der Waals surface area contributed by atoms with Crippen molar-refractivity contribution in [1.82, 2.24) is 15.2 Å². The first kappa shape index (κ1) is 24.6. The minimum Gasteiger partial charge on any atom is -0.441 e. The van der Waals surface area contributed by atoms with Crippen LogP contribution in [0.3, 0.4) is 0 Å². The van der Waals surface area contributed by atoms with Gasteiger partial charge in [0.15, 0.2) is 17.3 Å². The lowest BCUT2D eigenvalue weighted by atomic mass is 10.0. The molecule has 1 aromatic carbocycles. The number of allylic oxidation sites excluding steroid dienone is 4. The average molecular weight is 449 g/mol. The van der Waals surface area contributed by atoms with Gasteiger partial charge in [-0.1, -0.05) is 19.9 Å². The van der Waals surface area contributed by atoms with Gasteiger partial charge in [0.2, 0.25) is 0 Å². The predicted octanol–water partition coefficient (Wildman–Crippen LogP) is 5.31. The zero-order valence-corrected chi connectivity index (χ0v) is 20.7. The molecule has 6 nitrogen and oxygen atoms in total. The van der Waals surface area contributed by atoms with Crippen molar-refractivity contribution in [3.05, 3.63) is 59.7 Å². The molecule has 1 N–H and O–H groups in total. The molecule has 3 rings (SSSR count). The second kappa shape index (κ2) is 11.2. The summed E-state index contributed by atoms with van der Waals surface area (Å²) in [5.41, 5.74) is 5.12. The number of hydrogen-bond donors (Lipinski definition) is 1. The molecule has 2 heterocycles. The summed E-state index contributed by atoms with van der Waals surface area (Å²) < 4.78 is 5.60. The summed E-state index contributed by atoms with van der Waals surface area (Å²) in [5.74, 6) is 0.823. The minimum absolute atomic E-state index is 0.0402. The van der Waals surface area contributed by atoms with E-state index in [9.17, 15) is 4.79 Å². The number of piperazine rings is 1. The van der Waals surface area contributed by atoms with E-state index in [1.165, 1.54) is 5.70 Å². The third-order valence-corrected chi connectivity index (χ3v) is 5.95. The number of carbonyl (C=O) groups is 1. The summed E-state index contributed by atoms with van der Waals surface area (Å²) in [7, 11) is 0. The number of aromatic nitrogens is 1. The highest BCUT2D eigenvalue weighted by Crippen LogP contribution is 2.24. The van der Waals surface area contributed by atoms with Crippen LogP contribution in [0.4, 0.5) is 0 Å². The Hall–Kier alpha value is -2.99. The maximum absolute atomic E-state index is 12.0. The van der Waals surface area contributed by atoms with Crippen LogP contribution < -0.4 is 5.32 Å². The summed E-state index contributed by atoms with van der Waals surface area (Å²) >= 11 is 0. The van der Waals surface area contributed by atoms with Crippen LogP contribution in [0.2, 0.25) is 0 Å². The lowest BCUT2D eigenvalue weighted by molar-refractivity contribution is -0.112. The number of benzene rings is 1. The largest absolute Gasteiger partial charge is 0.441 e. The van der Waals surface area contributed by atoms with Gasteiger partial charge in [0.1, 0.15) is 5.52 Å². The Bertz CT molecular complexity index is 1110. The van der Waals surface area contributed by atoms with E-state index in [0.717, 1.165) is 48.4 Å². The number of aryl methyl sites for hydroxylation is 1. The zero-order valence-electron chi connectivity index (χ0n) is 20.7. The van der Waals surface area contributed by atoms with E-state index in [-0.39, 0.29) is 11.7 Å². The number of nitrogens with zero attached hydrogens (tertiary/aromatic N) is 3. The molecular formula is C27H36N4O2. The molecular weight excluding hydrogens is 412 g/mol. The SMILES string of the molecule is C\C=C(/C=C\C(=N\C(=C/C(C)=O)c1ccc2oc(C)nc2c1)C(C)CC)N1CCN[C@@H](C)C1. The molecule has 2 atom stereocenters. The number of rotatable bonds is 8. The van der Waals surface area contributed by atoms with E-state index < -0.39 is 0 Å². The molecule has 1 fully saturated rings. The third kappa shape index (κ3) is 6.51. The maximum Gasteiger partial charge on any atom is 0.192 e. The monoisotopic (exact) mass is 448 g/mol. The molecule has 0 aliphatic carbocycles. The highest BCUT2D eigenvalue weighted by atomic mass is 16.3. The number of ketones is 1. The Morgan fingerprint density at radius 3 is 2.85 bits per heavy atom. The zero-order chi connectivity index (χ0) is 24.0. The fraction of sp³-hybridized carbons (Fsp3) is 0.444. The highest BCUT2D eigenvalue weighted by Gasteiger charge is 2.17. The van der Waals surface area contributed by atoms with Gasteiger partial charge in [-0.3, -0.25) is 9.79 Å². The average Bonchev–Trinajstić information content (AvgIpc) is 3.16. The van der Waals surface area contributed by atoms with Gasteiger partial charge in [0.25, 0.3) is 0 Å². The number of fused-ring (bicyclic) bond motifs is 1. The molecule has 1 aromatic heterocycles. The smallest absolute Gasteiger partial charge is 0.192 e. The van der Waals surface area contributed by atoms with E-state index in [1.807, 2.05) is 25.1 Å². The molecule has 1 unspecified atom stereocenters. The first-order chi connectivity index (χ1) is 15.8. The molecule has 1 aliphatic heterocycles. The van der Waals surface area contributed by atoms with Crippen molar-refractivity contribution in [3.63, 3.8) is 0 Å². The van der Waals surface area contributed by atoms with Crippen LogP contribution in [0.25, 0.3) is 16.8 Å². The molecule has 2 aromatic rings. The first-order valence-electron chi connectivity index (χ1n) is 11.8. The summed E-state index contributed by atoms with van der Waals surface area (Å²) in [6.07, 6.45) is 8.95. The Kier molecular flexibility index (Phi) is 8.39. The van der Waals surface area contributed by atoms with Crippen LogP contribution in [0.15, 0.2) is 57.6 Å². The van der Waals surface area contributed by atoms with Crippen LogP contribution in [0, 0.1) is 12.8 Å². The van der Waals surface area contributed by atoms with Crippen LogP contribution in [0.5, 0.6) is 0 Å². The number of aliphatic imine (C=N–C) groups is 1. The summed E-state index contributed by atoms with van der Waals surface area (Å²) in [6.45, 7) is 14.9. The molecule has 1 aliphatic rings. The standard InChI is InChI=1S/C27H36N4O2/c1-7-18(3)24(11-10-23(8-2)31-14-13-28-19(4)17-31)30-25(15-20(5)32)22-9-12-27-26(16-22)29-21(6)33-27/h8-12,15-16,18-19,28H,7,13-14,17H2,1-6H3/b11-10-,23-8+,25-15-,30-24-/t18?,19-/m0/s1. The molecule has 0 bridgehead atoms. The van der Waals surface area contributed by atoms with E-state index in [2.05, 4.69) is 61.1 Å². The fourth-order valence-corrected chi connectivity index (χ4v) is 3.96. The number of oxazole rings is 1. The van der Waals surface area contributed by atoms with Crippen molar-refractivity contribution in [2.75, 3.05) is 19.6 Å². The van der Waals surface area contributed by atoms with Crippen molar-refractivity contribution in [2.24, 2.45) is 10.9 Å². The van der Waals surface area contributed by atoms with Crippen LogP contribution >= 0.6 is 0 Å². The van der Waals surface area contributed by atoms with Gasteiger partial charge in [-0.2, -0.15) is 0 Å². The van der Waals surface area contributed by atoms with E-state index in [0.29, 0.717) is 17.6 Å². The van der Waals surface area contributed by atoms with E-state index in [4.69, 9.17) is 9.41 Å². The van der Waals surface area contributed by atoms with Crippen LogP contribution in [-0.2, 0) is 4.79 Å². The summed E-state index contributed by atoms with van der Waals surface area (Å²) in [5, 5.41) is 3.49. The second-order valence-electron chi connectivity index (χ2n) is 8.75. The second-order valence-corrected chi connectivity index (χ2v) is 8.75. The molecule has 33 heavy (non-hydrogen) atoms.